The van der Waals surface area contributed by atoms with Crippen molar-refractivity contribution in [1.82, 2.24) is 5.32 Å². The summed E-state index contributed by atoms with van der Waals surface area (Å²) in [6.07, 6.45) is 4.67. The van der Waals surface area contributed by atoms with Gasteiger partial charge in [0.2, 0.25) is 0 Å². The summed E-state index contributed by atoms with van der Waals surface area (Å²) in [5.41, 5.74) is 1.09. The van der Waals surface area contributed by atoms with Gasteiger partial charge in [0, 0.05) is 10.8 Å². The Labute approximate surface area is 153 Å². The Morgan fingerprint density at radius 3 is 2.62 bits per heavy atom. The SMILES string of the molecule is COC(=O)N[C@@H](c1ccccc1)[C@H]1C2CC3C[C@](Cl)(C2)C[C@@]1(Cl)C3. The lowest BCUT2D eigenvalue weighted by Crippen LogP contribution is -2.62. The Bertz CT molecular complexity index is 640. The van der Waals surface area contributed by atoms with Crippen LogP contribution in [0.15, 0.2) is 30.3 Å². The van der Waals surface area contributed by atoms with Crippen LogP contribution in [0.1, 0.15) is 43.7 Å². The predicted octanol–water partition coefficient (Wildman–Crippen LogP) is 4.88. The number of ether oxygens (including phenoxy) is 1. The van der Waals surface area contributed by atoms with Gasteiger partial charge in [-0.15, -0.1) is 23.2 Å². The van der Waals surface area contributed by atoms with Crippen molar-refractivity contribution in [3.8, 4) is 0 Å². The third kappa shape index (κ3) is 2.70. The van der Waals surface area contributed by atoms with E-state index in [4.69, 9.17) is 27.9 Å². The predicted molar refractivity (Wildman–Crippen MR) is 95.4 cm³/mol. The van der Waals surface area contributed by atoms with Gasteiger partial charge in [0.15, 0.2) is 0 Å². The molecule has 1 N–H and O–H groups in total. The minimum atomic E-state index is -0.404. The number of alkyl carbamates (subject to hydrolysis) is 1. The van der Waals surface area contributed by atoms with E-state index in [2.05, 4.69) is 17.4 Å². The molecule has 4 bridgehead atoms. The van der Waals surface area contributed by atoms with E-state index in [-0.39, 0.29) is 21.7 Å². The summed E-state index contributed by atoms with van der Waals surface area (Å²) in [5, 5.41) is 3.06. The molecule has 4 aliphatic carbocycles. The summed E-state index contributed by atoms with van der Waals surface area (Å²) in [7, 11) is 1.40. The zero-order valence-corrected chi connectivity index (χ0v) is 15.3. The highest BCUT2D eigenvalue weighted by atomic mass is 35.5. The Morgan fingerprint density at radius 2 is 2.00 bits per heavy atom. The fraction of sp³-hybridized carbons (Fsp3) is 0.632. The second-order valence-electron chi connectivity index (χ2n) is 7.89. The molecule has 0 aromatic heterocycles. The molecular formula is C19H23Cl2NO2. The molecule has 6 atom stereocenters. The minimum absolute atomic E-state index is 0.138. The molecule has 0 aliphatic heterocycles. The monoisotopic (exact) mass is 367 g/mol. The van der Waals surface area contributed by atoms with Gasteiger partial charge in [-0.25, -0.2) is 4.79 Å². The smallest absolute Gasteiger partial charge is 0.407 e. The van der Waals surface area contributed by atoms with Crippen molar-refractivity contribution >= 4 is 29.3 Å². The molecular weight excluding hydrogens is 345 g/mol. The van der Waals surface area contributed by atoms with Gasteiger partial charge in [-0.05, 0) is 49.5 Å². The molecule has 3 nitrogen and oxygen atoms in total. The van der Waals surface area contributed by atoms with Gasteiger partial charge >= 0.3 is 6.09 Å². The molecule has 1 amide bonds. The summed E-state index contributed by atoms with van der Waals surface area (Å²) in [6.45, 7) is 0. The second kappa shape index (κ2) is 5.81. The quantitative estimate of drug-likeness (QED) is 0.773. The maximum Gasteiger partial charge on any atom is 0.407 e. The van der Waals surface area contributed by atoms with Crippen molar-refractivity contribution in [2.45, 2.75) is 47.9 Å². The minimum Gasteiger partial charge on any atom is -0.453 e. The normalized spacial score (nSPS) is 41.0. The standard InChI is InChI=1S/C19H23Cl2NO2/c1-24-17(23)22-16(13-5-3-2-4-6-13)15-14-7-12-8-18(20,10-14)11-19(15,21)9-12/h2-6,12,14-16H,7-11H2,1H3,(H,22,23)/t12?,14?,15-,16+,18+,19+/m1/s1. The van der Waals surface area contributed by atoms with E-state index in [0.717, 1.165) is 31.2 Å². The van der Waals surface area contributed by atoms with Crippen molar-refractivity contribution < 1.29 is 9.53 Å². The van der Waals surface area contributed by atoms with E-state index >= 15 is 0 Å². The van der Waals surface area contributed by atoms with Gasteiger partial charge < -0.3 is 10.1 Å². The highest BCUT2D eigenvalue weighted by molar-refractivity contribution is 6.28. The lowest BCUT2D eigenvalue weighted by molar-refractivity contribution is -0.0241. The van der Waals surface area contributed by atoms with Gasteiger partial charge in [-0.1, -0.05) is 30.3 Å². The maximum atomic E-state index is 12.0. The van der Waals surface area contributed by atoms with Crippen molar-refractivity contribution in [2.24, 2.45) is 17.8 Å². The number of amides is 1. The molecule has 4 aliphatic rings. The Kier molecular flexibility index (Phi) is 4.00. The first-order valence-electron chi connectivity index (χ1n) is 8.70. The average molecular weight is 368 g/mol. The van der Waals surface area contributed by atoms with Gasteiger partial charge in [0.25, 0.3) is 0 Å². The van der Waals surface area contributed by atoms with Crippen LogP contribution in [0.4, 0.5) is 4.79 Å². The number of carbonyl (C=O) groups excluding carboxylic acids is 1. The zero-order valence-electron chi connectivity index (χ0n) is 13.8. The topological polar surface area (TPSA) is 38.3 Å². The third-order valence-electron chi connectivity index (χ3n) is 6.24. The van der Waals surface area contributed by atoms with Crippen molar-refractivity contribution in [1.29, 1.82) is 0 Å². The maximum absolute atomic E-state index is 12.0. The number of alkyl halides is 2. The molecule has 0 saturated heterocycles. The Balaban J connectivity index is 1.71. The number of hydrogen-bond acceptors (Lipinski definition) is 2. The fourth-order valence-electron chi connectivity index (χ4n) is 5.79. The fourth-order valence-corrected chi connectivity index (χ4v) is 7.29. The molecule has 0 heterocycles. The van der Waals surface area contributed by atoms with Crippen LogP contribution in [0.3, 0.4) is 0 Å². The van der Waals surface area contributed by atoms with Crippen LogP contribution in [-0.4, -0.2) is 23.0 Å². The first-order valence-corrected chi connectivity index (χ1v) is 9.45. The van der Waals surface area contributed by atoms with Crippen molar-refractivity contribution in [2.75, 3.05) is 7.11 Å². The molecule has 4 fully saturated rings. The number of halogens is 2. The van der Waals surface area contributed by atoms with E-state index in [1.807, 2.05) is 18.2 Å². The van der Waals surface area contributed by atoms with E-state index < -0.39 is 6.09 Å². The van der Waals surface area contributed by atoms with Crippen LogP contribution in [0.25, 0.3) is 0 Å². The third-order valence-corrected chi connectivity index (χ3v) is 7.22. The molecule has 130 valence electrons. The summed E-state index contributed by atoms with van der Waals surface area (Å²) < 4.78 is 4.88. The van der Waals surface area contributed by atoms with Gasteiger partial charge in [-0.2, -0.15) is 0 Å². The molecule has 0 radical (unpaired) electrons. The van der Waals surface area contributed by atoms with Crippen LogP contribution in [0.2, 0.25) is 0 Å². The van der Waals surface area contributed by atoms with Crippen molar-refractivity contribution in [3.05, 3.63) is 35.9 Å². The van der Waals surface area contributed by atoms with E-state index in [1.165, 1.54) is 13.5 Å². The summed E-state index contributed by atoms with van der Waals surface area (Å²) in [4.78, 5) is 11.5. The lowest BCUT2D eigenvalue weighted by atomic mass is 9.49. The molecule has 5 heteroatoms. The summed E-state index contributed by atoms with van der Waals surface area (Å²) in [5.74, 6) is 1.26. The van der Waals surface area contributed by atoms with Crippen LogP contribution in [0.5, 0.6) is 0 Å². The van der Waals surface area contributed by atoms with Crippen LogP contribution < -0.4 is 5.32 Å². The molecule has 4 saturated carbocycles. The first-order chi connectivity index (χ1) is 11.4. The van der Waals surface area contributed by atoms with E-state index in [9.17, 15) is 4.79 Å². The highest BCUT2D eigenvalue weighted by Crippen LogP contribution is 2.66. The van der Waals surface area contributed by atoms with Gasteiger partial charge in [0.1, 0.15) is 0 Å². The van der Waals surface area contributed by atoms with Gasteiger partial charge in [0.05, 0.1) is 18.0 Å². The number of methoxy groups -OCH3 is 1. The highest BCUT2D eigenvalue weighted by Gasteiger charge is 2.63. The van der Waals surface area contributed by atoms with Crippen LogP contribution in [-0.2, 0) is 4.74 Å². The lowest BCUT2D eigenvalue weighted by Gasteiger charge is -2.63. The van der Waals surface area contributed by atoms with Crippen LogP contribution in [0, 0.1) is 17.8 Å². The largest absolute Gasteiger partial charge is 0.453 e. The van der Waals surface area contributed by atoms with E-state index in [1.54, 1.807) is 0 Å². The molecule has 24 heavy (non-hydrogen) atoms. The molecule has 1 aromatic rings. The van der Waals surface area contributed by atoms with Crippen LogP contribution >= 0.6 is 23.2 Å². The molecule has 5 rings (SSSR count). The Morgan fingerprint density at radius 1 is 1.25 bits per heavy atom. The summed E-state index contributed by atoms with van der Waals surface area (Å²) >= 11 is 14.1. The van der Waals surface area contributed by atoms with Crippen molar-refractivity contribution in [3.63, 3.8) is 0 Å². The number of nitrogens with one attached hydrogen (secondary N) is 1. The number of hydrogen-bond donors (Lipinski definition) is 1. The molecule has 2 unspecified atom stereocenters. The molecule has 1 aromatic carbocycles. The van der Waals surface area contributed by atoms with Gasteiger partial charge in [-0.3, -0.25) is 0 Å². The average Bonchev–Trinajstić information content (AvgIpc) is 2.51. The zero-order chi connectivity index (χ0) is 16.9. The summed E-state index contributed by atoms with van der Waals surface area (Å²) in [6, 6.07) is 9.97. The number of benzene rings is 1. The Hall–Kier alpha value is -0.930. The second-order valence-corrected chi connectivity index (χ2v) is 9.44. The number of rotatable bonds is 3. The first kappa shape index (κ1) is 16.5. The van der Waals surface area contributed by atoms with E-state index in [0.29, 0.717) is 11.8 Å². The number of carbonyl (C=O) groups is 1. The molecule has 0 spiro atoms.